The molecule has 14 heteroatoms. The summed E-state index contributed by atoms with van der Waals surface area (Å²) < 4.78 is 61.6. The highest BCUT2D eigenvalue weighted by atomic mass is 35.5. The molecule has 0 saturated heterocycles. The Morgan fingerprint density at radius 3 is 2.51 bits per heavy atom. The van der Waals surface area contributed by atoms with Crippen LogP contribution in [0.2, 0.25) is 5.02 Å². The molecule has 2 amide bonds. The van der Waals surface area contributed by atoms with Crippen LogP contribution in [-0.4, -0.2) is 31.7 Å². The summed E-state index contributed by atoms with van der Waals surface area (Å²) in [4.78, 5) is 28.9. The Morgan fingerprint density at radius 1 is 1.22 bits per heavy atom. The Labute approximate surface area is 211 Å². The van der Waals surface area contributed by atoms with E-state index >= 15 is 0 Å². The maximum absolute atomic E-state index is 14.0. The van der Waals surface area contributed by atoms with Gasteiger partial charge in [0.05, 0.1) is 33.2 Å². The second kappa shape index (κ2) is 9.47. The van der Waals surface area contributed by atoms with Gasteiger partial charge >= 0.3 is 6.18 Å². The van der Waals surface area contributed by atoms with Crippen LogP contribution in [0.1, 0.15) is 63.5 Å². The quantitative estimate of drug-likeness (QED) is 0.330. The molecule has 0 atom stereocenters. The standard InChI is InChI=1S/C23H19ClF4N6O3/c1-9(2)16-4-11(37-33-16)8-34-10(3)19(20(32-34)23(26,27)28)31-22(36)18-6-13(21(29)35)12-5-14(24)15(25)7-17(12)30-18/h4-7,9H,8H2,1-3H3,(H2,29,35)(H,31,36). The van der Waals surface area contributed by atoms with Gasteiger partial charge in [-0.1, -0.05) is 30.6 Å². The van der Waals surface area contributed by atoms with E-state index in [0.717, 1.165) is 22.9 Å². The number of hydrogen-bond donors (Lipinski definition) is 2. The number of rotatable bonds is 6. The van der Waals surface area contributed by atoms with Gasteiger partial charge in [0.25, 0.3) is 5.91 Å². The largest absolute Gasteiger partial charge is 0.437 e. The van der Waals surface area contributed by atoms with Gasteiger partial charge in [0.15, 0.2) is 11.5 Å². The monoisotopic (exact) mass is 538 g/mol. The molecule has 0 aliphatic heterocycles. The summed E-state index contributed by atoms with van der Waals surface area (Å²) in [5.74, 6) is -2.64. The summed E-state index contributed by atoms with van der Waals surface area (Å²) in [6.07, 6.45) is -4.92. The van der Waals surface area contributed by atoms with Crippen molar-refractivity contribution in [3.05, 3.63) is 69.2 Å². The van der Waals surface area contributed by atoms with Crippen molar-refractivity contribution >= 4 is 40.0 Å². The van der Waals surface area contributed by atoms with Gasteiger partial charge in [0, 0.05) is 17.5 Å². The number of carbonyl (C=O) groups is 2. The van der Waals surface area contributed by atoms with Crippen LogP contribution < -0.4 is 11.1 Å². The number of aromatic nitrogens is 4. The summed E-state index contributed by atoms with van der Waals surface area (Å²) >= 11 is 5.77. The Kier molecular flexibility index (Phi) is 6.67. The second-order valence-corrected chi connectivity index (χ2v) is 8.90. The Hall–Kier alpha value is -4.00. The minimum Gasteiger partial charge on any atom is -0.366 e. The zero-order chi connectivity index (χ0) is 27.2. The number of hydrogen-bond acceptors (Lipinski definition) is 6. The molecule has 37 heavy (non-hydrogen) atoms. The van der Waals surface area contributed by atoms with Gasteiger partial charge in [0.1, 0.15) is 18.1 Å². The lowest BCUT2D eigenvalue weighted by molar-refractivity contribution is -0.140. The molecule has 0 aliphatic rings. The average molecular weight is 539 g/mol. The van der Waals surface area contributed by atoms with E-state index < -0.39 is 40.9 Å². The van der Waals surface area contributed by atoms with Gasteiger partial charge in [-0.3, -0.25) is 14.3 Å². The smallest absolute Gasteiger partial charge is 0.366 e. The zero-order valence-electron chi connectivity index (χ0n) is 19.6. The van der Waals surface area contributed by atoms with Crippen LogP contribution >= 0.6 is 11.6 Å². The molecule has 9 nitrogen and oxygen atoms in total. The molecule has 0 radical (unpaired) electrons. The van der Waals surface area contributed by atoms with Gasteiger partial charge < -0.3 is 15.6 Å². The van der Waals surface area contributed by atoms with Crippen LogP contribution in [0.25, 0.3) is 10.9 Å². The van der Waals surface area contributed by atoms with Gasteiger partial charge in [-0.25, -0.2) is 9.37 Å². The highest BCUT2D eigenvalue weighted by Gasteiger charge is 2.39. The lowest BCUT2D eigenvalue weighted by Crippen LogP contribution is -2.20. The summed E-state index contributed by atoms with van der Waals surface area (Å²) in [6, 6.07) is 4.59. The van der Waals surface area contributed by atoms with E-state index in [0.29, 0.717) is 5.69 Å². The summed E-state index contributed by atoms with van der Waals surface area (Å²) in [5, 5.41) is 9.43. The van der Waals surface area contributed by atoms with Gasteiger partial charge in [-0.15, -0.1) is 0 Å². The molecule has 0 unspecified atom stereocenters. The molecule has 4 aromatic rings. The van der Waals surface area contributed by atoms with E-state index in [1.54, 1.807) is 6.07 Å². The number of amides is 2. The third kappa shape index (κ3) is 5.12. The topological polar surface area (TPSA) is 129 Å². The van der Waals surface area contributed by atoms with E-state index in [-0.39, 0.29) is 45.4 Å². The zero-order valence-corrected chi connectivity index (χ0v) is 20.3. The van der Waals surface area contributed by atoms with Crippen molar-refractivity contribution in [3.63, 3.8) is 0 Å². The van der Waals surface area contributed by atoms with E-state index in [4.69, 9.17) is 21.9 Å². The lowest BCUT2D eigenvalue weighted by atomic mass is 10.1. The predicted octanol–water partition coefficient (Wildman–Crippen LogP) is 5.06. The number of alkyl halides is 3. The van der Waals surface area contributed by atoms with Crippen molar-refractivity contribution in [1.82, 2.24) is 19.9 Å². The fourth-order valence-electron chi connectivity index (χ4n) is 3.59. The van der Waals surface area contributed by atoms with Gasteiger partial charge in [-0.05, 0) is 25.0 Å². The molecule has 1 aromatic carbocycles. The van der Waals surface area contributed by atoms with Crippen molar-refractivity contribution in [1.29, 1.82) is 0 Å². The van der Waals surface area contributed by atoms with E-state index in [2.05, 4.69) is 20.6 Å². The van der Waals surface area contributed by atoms with Crippen LogP contribution in [0.3, 0.4) is 0 Å². The third-order valence-corrected chi connectivity index (χ3v) is 5.83. The number of carbonyl (C=O) groups excluding carboxylic acids is 2. The van der Waals surface area contributed by atoms with Crippen molar-refractivity contribution < 1.29 is 31.7 Å². The lowest BCUT2D eigenvalue weighted by Gasteiger charge is -2.11. The molecule has 0 bridgehead atoms. The van der Waals surface area contributed by atoms with Crippen molar-refractivity contribution in [2.75, 3.05) is 5.32 Å². The fraction of sp³-hybridized carbons (Fsp3) is 0.261. The summed E-state index contributed by atoms with van der Waals surface area (Å²) in [7, 11) is 0. The highest BCUT2D eigenvalue weighted by molar-refractivity contribution is 6.31. The SMILES string of the molecule is Cc1c(NC(=O)c2cc(C(N)=O)c3cc(Cl)c(F)cc3n2)c(C(F)(F)F)nn1Cc1cc(C(C)C)no1. The molecule has 0 fully saturated rings. The molecule has 3 N–H and O–H groups in total. The minimum atomic E-state index is -4.92. The summed E-state index contributed by atoms with van der Waals surface area (Å²) in [5.41, 5.74) is 3.17. The molecular formula is C23H19ClF4N6O3. The van der Waals surface area contributed by atoms with Gasteiger partial charge in [-0.2, -0.15) is 18.3 Å². The number of nitrogens with two attached hydrogens (primary N) is 1. The first-order chi connectivity index (χ1) is 17.3. The average Bonchev–Trinajstić information content (AvgIpc) is 3.39. The highest BCUT2D eigenvalue weighted by Crippen LogP contribution is 2.36. The maximum atomic E-state index is 14.0. The number of pyridine rings is 1. The van der Waals surface area contributed by atoms with Crippen molar-refractivity contribution in [3.8, 4) is 0 Å². The molecule has 3 aromatic heterocycles. The Balaban J connectivity index is 1.74. The molecule has 4 rings (SSSR count). The second-order valence-electron chi connectivity index (χ2n) is 8.49. The number of benzene rings is 1. The number of fused-ring (bicyclic) bond motifs is 1. The van der Waals surface area contributed by atoms with Crippen LogP contribution in [0.4, 0.5) is 23.2 Å². The maximum Gasteiger partial charge on any atom is 0.437 e. The van der Waals surface area contributed by atoms with Crippen LogP contribution in [0, 0.1) is 12.7 Å². The van der Waals surface area contributed by atoms with Crippen LogP contribution in [0.5, 0.6) is 0 Å². The number of nitrogens with zero attached hydrogens (tertiary/aromatic N) is 4. The Bertz CT molecular complexity index is 1540. The first-order valence-electron chi connectivity index (χ1n) is 10.8. The molecule has 0 saturated carbocycles. The van der Waals surface area contributed by atoms with Crippen molar-refractivity contribution in [2.24, 2.45) is 5.73 Å². The minimum absolute atomic E-state index is 0.0306. The van der Waals surface area contributed by atoms with E-state index in [9.17, 15) is 27.2 Å². The number of primary amides is 1. The van der Waals surface area contributed by atoms with Gasteiger partial charge in [0.2, 0.25) is 5.91 Å². The molecular weight excluding hydrogens is 520 g/mol. The molecule has 194 valence electrons. The normalized spacial score (nSPS) is 11.9. The van der Waals surface area contributed by atoms with E-state index in [1.807, 2.05) is 13.8 Å². The number of nitrogens with one attached hydrogen (secondary N) is 1. The van der Waals surface area contributed by atoms with Crippen LogP contribution in [0.15, 0.2) is 28.8 Å². The first-order valence-corrected chi connectivity index (χ1v) is 11.1. The van der Waals surface area contributed by atoms with E-state index in [1.165, 1.54) is 6.92 Å². The summed E-state index contributed by atoms with van der Waals surface area (Å²) in [6.45, 7) is 4.91. The molecule has 0 spiro atoms. The fourth-order valence-corrected chi connectivity index (χ4v) is 3.75. The molecule has 0 aliphatic carbocycles. The molecule has 3 heterocycles. The van der Waals surface area contributed by atoms with Crippen molar-refractivity contribution in [2.45, 2.75) is 39.4 Å². The Morgan fingerprint density at radius 2 is 1.92 bits per heavy atom. The predicted molar refractivity (Wildman–Crippen MR) is 125 cm³/mol. The number of halogens is 5. The third-order valence-electron chi connectivity index (χ3n) is 5.54. The van der Waals surface area contributed by atoms with Crippen LogP contribution in [-0.2, 0) is 12.7 Å². The number of anilines is 1. The first kappa shape index (κ1) is 26.1.